The molecule has 0 aliphatic carbocycles. The molecular formula is C21H22FN5O2. The Labute approximate surface area is 166 Å². The Balaban J connectivity index is 0.000000249. The van der Waals surface area contributed by atoms with Crippen LogP contribution in [0.15, 0.2) is 42.7 Å². The van der Waals surface area contributed by atoms with Gasteiger partial charge in [0.1, 0.15) is 5.52 Å². The minimum atomic E-state index is -0.735. The molecule has 0 bridgehead atoms. The van der Waals surface area contributed by atoms with Crippen LogP contribution in [0.5, 0.6) is 5.75 Å². The van der Waals surface area contributed by atoms with Crippen molar-refractivity contribution in [2.75, 3.05) is 13.1 Å². The summed E-state index contributed by atoms with van der Waals surface area (Å²) in [6, 6.07) is 8.80. The summed E-state index contributed by atoms with van der Waals surface area (Å²) in [4.78, 5) is 8.64. The number of phenols is 1. The number of nitrogens with zero attached hydrogens (tertiary/aromatic N) is 4. The third kappa shape index (κ3) is 4.03. The highest BCUT2D eigenvalue weighted by Gasteiger charge is 2.17. The van der Waals surface area contributed by atoms with Gasteiger partial charge in [0, 0.05) is 36.9 Å². The molecular weight excluding hydrogens is 373 g/mol. The number of aliphatic hydroxyl groups excluding tert-OH is 1. The molecule has 29 heavy (non-hydrogen) atoms. The van der Waals surface area contributed by atoms with Gasteiger partial charge in [-0.1, -0.05) is 0 Å². The molecule has 4 aromatic rings. The lowest BCUT2D eigenvalue weighted by Gasteiger charge is -2.16. The van der Waals surface area contributed by atoms with Crippen molar-refractivity contribution in [1.82, 2.24) is 25.1 Å². The molecule has 1 aliphatic heterocycles. The predicted octanol–water partition coefficient (Wildman–Crippen LogP) is 2.76. The van der Waals surface area contributed by atoms with E-state index in [1.165, 1.54) is 4.68 Å². The van der Waals surface area contributed by atoms with Crippen LogP contribution in [0.1, 0.15) is 12.8 Å². The third-order valence-electron chi connectivity index (χ3n) is 4.83. The van der Waals surface area contributed by atoms with E-state index in [4.69, 9.17) is 5.11 Å². The molecule has 1 fully saturated rings. The van der Waals surface area contributed by atoms with E-state index >= 15 is 0 Å². The summed E-state index contributed by atoms with van der Waals surface area (Å²) >= 11 is 0. The highest BCUT2D eigenvalue weighted by Crippen LogP contribution is 2.35. The molecule has 0 radical (unpaired) electrons. The number of β-amino-alcohol motifs (C(OH)–C–C–N with tert-alkyl or cyclic N) is 1. The molecule has 3 N–H and O–H groups in total. The smallest absolute Gasteiger partial charge is 0.193 e. The van der Waals surface area contributed by atoms with Gasteiger partial charge in [0.15, 0.2) is 11.6 Å². The first-order chi connectivity index (χ1) is 14.0. The number of rotatable bonds is 1. The van der Waals surface area contributed by atoms with Crippen LogP contribution in [0.4, 0.5) is 4.39 Å². The van der Waals surface area contributed by atoms with Crippen LogP contribution in [0.25, 0.3) is 33.2 Å². The molecule has 8 heteroatoms. The zero-order chi connectivity index (χ0) is 20.4. The molecule has 0 amide bonds. The topological polar surface area (TPSA) is 96.1 Å². The van der Waals surface area contributed by atoms with Gasteiger partial charge in [0.25, 0.3) is 0 Å². The van der Waals surface area contributed by atoms with Crippen LogP contribution in [0.3, 0.4) is 0 Å². The van der Waals surface area contributed by atoms with Crippen LogP contribution < -0.4 is 5.32 Å². The number of piperidine rings is 1. The Hall–Kier alpha value is -3.10. The first-order valence-corrected chi connectivity index (χ1v) is 9.48. The maximum Gasteiger partial charge on any atom is 0.193 e. The van der Waals surface area contributed by atoms with Crippen molar-refractivity contribution in [2.45, 2.75) is 18.9 Å². The second-order valence-corrected chi connectivity index (χ2v) is 7.07. The number of pyridine rings is 2. The van der Waals surface area contributed by atoms with Crippen molar-refractivity contribution in [3.8, 4) is 17.0 Å². The molecule has 1 atom stereocenters. The molecule has 150 valence electrons. The molecule has 5 rings (SSSR count). The quantitative estimate of drug-likeness (QED) is 0.459. The van der Waals surface area contributed by atoms with Gasteiger partial charge in [-0.05, 0) is 49.7 Å². The van der Waals surface area contributed by atoms with Crippen LogP contribution in [0, 0.1) is 5.82 Å². The minimum absolute atomic E-state index is 0.0752. The third-order valence-corrected chi connectivity index (χ3v) is 4.83. The van der Waals surface area contributed by atoms with E-state index in [9.17, 15) is 9.50 Å². The van der Waals surface area contributed by atoms with Gasteiger partial charge in [0.2, 0.25) is 0 Å². The molecule has 1 unspecified atom stereocenters. The zero-order valence-electron chi connectivity index (χ0n) is 16.0. The average Bonchev–Trinajstić information content (AvgIpc) is 3.12. The van der Waals surface area contributed by atoms with Crippen molar-refractivity contribution < 1.29 is 14.6 Å². The van der Waals surface area contributed by atoms with Crippen molar-refractivity contribution in [3.63, 3.8) is 0 Å². The Morgan fingerprint density at radius 1 is 1.24 bits per heavy atom. The minimum Gasteiger partial charge on any atom is -0.504 e. The maximum atomic E-state index is 14.3. The molecule has 1 saturated heterocycles. The summed E-state index contributed by atoms with van der Waals surface area (Å²) < 4.78 is 15.8. The number of nitrogens with one attached hydrogen (secondary N) is 1. The number of aromatic hydroxyl groups is 1. The summed E-state index contributed by atoms with van der Waals surface area (Å²) in [5, 5.41) is 26.7. The Morgan fingerprint density at radius 2 is 2.10 bits per heavy atom. The number of phenolic OH excluding ortho intramolecular Hbond substituents is 1. The van der Waals surface area contributed by atoms with Crippen LogP contribution in [0.2, 0.25) is 0 Å². The lowest BCUT2D eigenvalue weighted by atomic mass is 10.1. The molecule has 7 nitrogen and oxygen atoms in total. The normalized spacial score (nSPS) is 16.6. The van der Waals surface area contributed by atoms with Crippen LogP contribution in [-0.4, -0.2) is 49.2 Å². The molecule has 0 saturated carbocycles. The Morgan fingerprint density at radius 3 is 2.83 bits per heavy atom. The van der Waals surface area contributed by atoms with E-state index in [-0.39, 0.29) is 11.6 Å². The van der Waals surface area contributed by atoms with Gasteiger partial charge in [-0.2, -0.15) is 5.10 Å². The van der Waals surface area contributed by atoms with Crippen molar-refractivity contribution in [1.29, 1.82) is 0 Å². The second-order valence-electron chi connectivity index (χ2n) is 7.07. The van der Waals surface area contributed by atoms with E-state index in [0.717, 1.165) is 31.4 Å². The standard InChI is InChI=1S/C16H11FN4O.C5H11NO/c1-21-8-9-7-10(16(22)14(17)15(9)20-21)11-4-5-12-13(19-11)3-2-6-18-12;7-5-2-1-3-6-4-5/h2-8,22H,1H3;5-7H,1-4H2. The average molecular weight is 395 g/mol. The van der Waals surface area contributed by atoms with E-state index < -0.39 is 11.6 Å². The maximum absolute atomic E-state index is 14.3. The fourth-order valence-electron chi connectivity index (χ4n) is 3.37. The number of aryl methyl sites for hydroxylation is 1. The van der Waals surface area contributed by atoms with E-state index in [2.05, 4.69) is 20.4 Å². The van der Waals surface area contributed by atoms with Gasteiger partial charge < -0.3 is 15.5 Å². The summed E-state index contributed by atoms with van der Waals surface area (Å²) in [7, 11) is 1.70. The number of aromatic nitrogens is 4. The van der Waals surface area contributed by atoms with Gasteiger partial charge in [-0.25, -0.2) is 9.37 Å². The first kappa shape index (κ1) is 19.2. The number of aliphatic hydroxyl groups is 1. The highest BCUT2D eigenvalue weighted by atomic mass is 19.1. The van der Waals surface area contributed by atoms with Crippen LogP contribution >= 0.6 is 0 Å². The SMILES string of the molecule is Cn1cc2cc(-c3ccc4ncccc4n3)c(O)c(F)c2n1.OC1CCCNC1. The number of hydrogen-bond donors (Lipinski definition) is 3. The number of halogens is 1. The lowest BCUT2D eigenvalue weighted by Crippen LogP contribution is -2.33. The summed E-state index contributed by atoms with van der Waals surface area (Å²) in [6.45, 7) is 1.87. The van der Waals surface area contributed by atoms with Gasteiger partial charge >= 0.3 is 0 Å². The summed E-state index contributed by atoms with van der Waals surface area (Å²) in [5.41, 5.74) is 2.40. The monoisotopic (exact) mass is 395 g/mol. The van der Waals surface area contributed by atoms with Gasteiger partial charge in [-0.15, -0.1) is 0 Å². The highest BCUT2D eigenvalue weighted by molar-refractivity contribution is 5.89. The van der Waals surface area contributed by atoms with E-state index in [1.54, 1.807) is 43.7 Å². The van der Waals surface area contributed by atoms with E-state index in [0.29, 0.717) is 22.2 Å². The molecule has 3 aromatic heterocycles. The van der Waals surface area contributed by atoms with Gasteiger partial charge in [0.05, 0.1) is 22.8 Å². The summed E-state index contributed by atoms with van der Waals surface area (Å²) in [5.74, 6) is -1.18. The zero-order valence-corrected chi connectivity index (χ0v) is 16.0. The van der Waals surface area contributed by atoms with Crippen LogP contribution in [-0.2, 0) is 7.05 Å². The number of hydrogen-bond acceptors (Lipinski definition) is 6. The first-order valence-electron chi connectivity index (χ1n) is 9.48. The molecule has 0 spiro atoms. The number of fused-ring (bicyclic) bond motifs is 2. The van der Waals surface area contributed by atoms with Crippen molar-refractivity contribution in [3.05, 3.63) is 48.5 Å². The lowest BCUT2D eigenvalue weighted by molar-refractivity contribution is 0.142. The molecule has 4 heterocycles. The van der Waals surface area contributed by atoms with Gasteiger partial charge in [-0.3, -0.25) is 9.67 Å². The van der Waals surface area contributed by atoms with E-state index in [1.807, 2.05) is 6.07 Å². The Bertz CT molecular complexity index is 1150. The predicted molar refractivity (Wildman–Crippen MR) is 109 cm³/mol. The van der Waals surface area contributed by atoms with Crippen molar-refractivity contribution in [2.24, 2.45) is 7.05 Å². The molecule has 1 aromatic carbocycles. The largest absolute Gasteiger partial charge is 0.504 e. The van der Waals surface area contributed by atoms with Crippen molar-refractivity contribution >= 4 is 21.9 Å². The summed E-state index contributed by atoms with van der Waals surface area (Å²) in [6.07, 6.45) is 5.41. The fraction of sp³-hybridized carbons (Fsp3) is 0.286. The molecule has 1 aliphatic rings. The number of benzene rings is 1. The Kier molecular flexibility index (Phi) is 5.37. The second kappa shape index (κ2) is 8.10. The fourth-order valence-corrected chi connectivity index (χ4v) is 3.37.